The summed E-state index contributed by atoms with van der Waals surface area (Å²) < 4.78 is 13.7. The Balaban J connectivity index is 0.000000126. The van der Waals surface area contributed by atoms with Crippen molar-refractivity contribution in [3.05, 3.63) is 453 Å². The first-order chi connectivity index (χ1) is 57.9. The molecule has 117 heavy (non-hydrogen) atoms. The average Bonchev–Trinajstić information content (AvgIpc) is 1.61. The van der Waals surface area contributed by atoms with Crippen molar-refractivity contribution >= 4 is 131 Å². The van der Waals surface area contributed by atoms with Crippen molar-refractivity contribution in [2.75, 3.05) is 10.2 Å². The van der Waals surface area contributed by atoms with Crippen LogP contribution in [0.15, 0.2) is 462 Å². The summed E-state index contributed by atoms with van der Waals surface area (Å²) in [5, 5.41) is 18.2. The number of nitrogens with one attached hydrogen (secondary N) is 1. The third-order valence-electron chi connectivity index (χ3n) is 22.5. The van der Waals surface area contributed by atoms with Crippen LogP contribution in [0, 0.1) is 0 Å². The van der Waals surface area contributed by atoms with Crippen LogP contribution in [0.3, 0.4) is 0 Å². The standard InChI is InChI=1S/C56H37NO.C34H23NO.C22H15Br/c1-3-14-48-40(10-1)12-7-17-50(48)42-24-22-38(23-25-42)39-26-32-45(33-27-39)57(46-34-28-43(29-35-46)51-18-8-13-41-11-2-4-15-49(41)51)47-36-30-44(31-37-47)52-19-9-20-54-53-16-5-6-21-55(53)58-56(52)54;1-2-9-28-23(7-1)8-5-11-29(28)24-15-19-26(20-16-24)35-27-21-17-25(18-22-27)30-12-6-13-32-31-10-3-4-14-33(31)36-34(30)32;23-20-14-12-17(13-15-20)16-8-10-19(11-9-16)22-7-3-5-18-4-1-2-6-21(18)22/h1-37H;1-22,35H;1-15H. The van der Waals surface area contributed by atoms with E-state index in [-0.39, 0.29) is 0 Å². The lowest BCUT2D eigenvalue weighted by Gasteiger charge is -2.26. The second-order valence-corrected chi connectivity index (χ2v) is 30.5. The van der Waals surface area contributed by atoms with E-state index >= 15 is 0 Å². The smallest absolute Gasteiger partial charge is 0.143 e. The molecule has 2 heterocycles. The molecule has 0 unspecified atom stereocenters. The van der Waals surface area contributed by atoms with Gasteiger partial charge >= 0.3 is 0 Å². The third-order valence-corrected chi connectivity index (χ3v) is 23.1. The van der Waals surface area contributed by atoms with Crippen LogP contribution in [0.4, 0.5) is 28.4 Å². The molecule has 552 valence electrons. The van der Waals surface area contributed by atoms with E-state index in [0.29, 0.717) is 0 Å². The van der Waals surface area contributed by atoms with Crippen molar-refractivity contribution in [2.24, 2.45) is 0 Å². The van der Waals surface area contributed by atoms with Gasteiger partial charge in [0, 0.05) is 65.6 Å². The largest absolute Gasteiger partial charge is 0.455 e. The molecule has 0 bridgehead atoms. The number of rotatable bonds is 13. The van der Waals surface area contributed by atoms with Gasteiger partial charge in [-0.05, 0) is 206 Å². The Hall–Kier alpha value is -14.9. The monoisotopic (exact) mass is 1560 g/mol. The number of halogens is 1. The van der Waals surface area contributed by atoms with Crippen LogP contribution in [0.5, 0.6) is 0 Å². The van der Waals surface area contributed by atoms with Crippen LogP contribution >= 0.6 is 15.9 Å². The van der Waals surface area contributed by atoms with Gasteiger partial charge in [0.25, 0.3) is 0 Å². The van der Waals surface area contributed by atoms with E-state index in [1.165, 1.54) is 110 Å². The van der Waals surface area contributed by atoms with E-state index < -0.39 is 0 Å². The van der Waals surface area contributed by atoms with E-state index in [4.69, 9.17) is 8.83 Å². The molecule has 0 saturated carbocycles. The Labute approximate surface area is 687 Å². The number of hydrogen-bond acceptors (Lipinski definition) is 4. The molecule has 22 rings (SSSR count). The molecule has 0 radical (unpaired) electrons. The van der Waals surface area contributed by atoms with Gasteiger partial charge in [-0.1, -0.05) is 380 Å². The number of benzene rings is 20. The van der Waals surface area contributed by atoms with Crippen molar-refractivity contribution in [1.82, 2.24) is 0 Å². The second-order valence-electron chi connectivity index (χ2n) is 29.6. The quantitative estimate of drug-likeness (QED) is 0.125. The summed E-state index contributed by atoms with van der Waals surface area (Å²) in [6.45, 7) is 0. The van der Waals surface area contributed by atoms with E-state index in [1.54, 1.807) is 0 Å². The molecule has 5 heteroatoms. The first-order valence-corrected chi connectivity index (χ1v) is 40.5. The molecule has 0 saturated heterocycles. The number of furan rings is 2. The maximum absolute atomic E-state index is 6.41. The molecule has 0 aliphatic rings. The van der Waals surface area contributed by atoms with Gasteiger partial charge in [0.1, 0.15) is 22.3 Å². The summed E-state index contributed by atoms with van der Waals surface area (Å²) in [5.41, 5.74) is 28.2. The summed E-state index contributed by atoms with van der Waals surface area (Å²) in [4.78, 5) is 2.34. The minimum atomic E-state index is 0.906. The average molecular weight is 1560 g/mol. The SMILES string of the molecule is Brc1ccc(-c2ccc(-c3cccc4ccccc34)cc2)cc1.c1ccc2c(-c3ccc(-c4ccc(N(c5ccc(-c6cccc7ccccc67)cc5)c5ccc(-c6cccc7c6oc6ccccc67)cc5)cc4)cc3)cccc2c1.c1ccc2c(-c3ccc(Nc4ccc(-c5cccc6c5oc5ccccc56)cc4)cc3)cccc2c1. The van der Waals surface area contributed by atoms with Crippen molar-refractivity contribution < 1.29 is 8.83 Å². The number of nitrogens with zero attached hydrogens (tertiary/aromatic N) is 1. The van der Waals surface area contributed by atoms with Gasteiger partial charge in [-0.3, -0.25) is 0 Å². The van der Waals surface area contributed by atoms with E-state index in [0.717, 1.165) is 99.0 Å². The van der Waals surface area contributed by atoms with E-state index in [1.807, 2.05) is 24.3 Å². The highest BCUT2D eigenvalue weighted by Gasteiger charge is 2.19. The second kappa shape index (κ2) is 31.6. The third kappa shape index (κ3) is 14.4. The zero-order valence-corrected chi connectivity index (χ0v) is 65.5. The van der Waals surface area contributed by atoms with Crippen LogP contribution in [0.25, 0.3) is 176 Å². The van der Waals surface area contributed by atoms with Crippen LogP contribution in [-0.4, -0.2) is 0 Å². The fraction of sp³-hybridized carbons (Fsp3) is 0. The summed E-state index contributed by atoms with van der Waals surface area (Å²) in [6, 6.07) is 160. The number of hydrogen-bond donors (Lipinski definition) is 1. The minimum Gasteiger partial charge on any atom is -0.455 e. The Morgan fingerprint density at radius 3 is 0.735 bits per heavy atom. The van der Waals surface area contributed by atoms with Crippen LogP contribution in [0.2, 0.25) is 0 Å². The number of anilines is 5. The Bertz CT molecular complexity index is 7330. The Morgan fingerprint density at radius 1 is 0.179 bits per heavy atom. The highest BCUT2D eigenvalue weighted by atomic mass is 79.9. The molecule has 4 nitrogen and oxygen atoms in total. The van der Waals surface area contributed by atoms with Crippen LogP contribution in [-0.2, 0) is 0 Å². The fourth-order valence-electron chi connectivity index (χ4n) is 16.6. The van der Waals surface area contributed by atoms with Gasteiger partial charge in [-0.15, -0.1) is 0 Å². The van der Waals surface area contributed by atoms with Crippen molar-refractivity contribution in [3.63, 3.8) is 0 Å². The number of para-hydroxylation sites is 4. The first kappa shape index (κ1) is 71.2. The van der Waals surface area contributed by atoms with Crippen molar-refractivity contribution in [1.29, 1.82) is 0 Å². The van der Waals surface area contributed by atoms with Gasteiger partial charge in [0.05, 0.1) is 0 Å². The Morgan fingerprint density at radius 2 is 0.402 bits per heavy atom. The van der Waals surface area contributed by atoms with Crippen LogP contribution in [0.1, 0.15) is 0 Å². The topological polar surface area (TPSA) is 41.6 Å². The lowest BCUT2D eigenvalue weighted by Crippen LogP contribution is -2.09. The van der Waals surface area contributed by atoms with Gasteiger partial charge in [-0.2, -0.15) is 0 Å². The molecule has 0 spiro atoms. The van der Waals surface area contributed by atoms with E-state index in [2.05, 4.69) is 451 Å². The molecular formula is C112H75BrN2O2. The molecule has 22 aromatic rings. The predicted molar refractivity (Wildman–Crippen MR) is 500 cm³/mol. The molecule has 0 aliphatic carbocycles. The zero-order valence-electron chi connectivity index (χ0n) is 63.9. The maximum atomic E-state index is 6.41. The first-order valence-electron chi connectivity index (χ1n) is 39.7. The lowest BCUT2D eigenvalue weighted by molar-refractivity contribution is 0.669. The molecule has 1 N–H and O–H groups in total. The molecule has 2 aromatic heterocycles. The Kier molecular flexibility index (Phi) is 19.2. The van der Waals surface area contributed by atoms with Crippen molar-refractivity contribution in [3.8, 4) is 89.0 Å². The predicted octanol–water partition coefficient (Wildman–Crippen LogP) is 32.8. The van der Waals surface area contributed by atoms with Crippen LogP contribution < -0.4 is 10.2 Å². The molecule has 20 aromatic carbocycles. The summed E-state index contributed by atoms with van der Waals surface area (Å²) in [6.07, 6.45) is 0. The molecule has 0 atom stereocenters. The highest BCUT2D eigenvalue weighted by Crippen LogP contribution is 2.44. The highest BCUT2D eigenvalue weighted by molar-refractivity contribution is 9.10. The van der Waals surface area contributed by atoms with Gasteiger partial charge in [-0.25, -0.2) is 0 Å². The summed E-state index contributed by atoms with van der Waals surface area (Å²) >= 11 is 3.48. The summed E-state index contributed by atoms with van der Waals surface area (Å²) in [5.74, 6) is 0. The zero-order chi connectivity index (χ0) is 78.0. The maximum Gasteiger partial charge on any atom is 0.143 e. The van der Waals surface area contributed by atoms with E-state index in [9.17, 15) is 0 Å². The van der Waals surface area contributed by atoms with Gasteiger partial charge < -0.3 is 19.1 Å². The molecule has 0 fully saturated rings. The lowest BCUT2D eigenvalue weighted by atomic mass is 9.96. The molecule has 0 amide bonds. The van der Waals surface area contributed by atoms with Crippen molar-refractivity contribution in [2.45, 2.75) is 0 Å². The fourth-order valence-corrected chi connectivity index (χ4v) is 16.9. The molecule has 0 aliphatic heterocycles. The normalized spacial score (nSPS) is 11.3. The molecular weight excluding hydrogens is 1490 g/mol. The van der Waals surface area contributed by atoms with Gasteiger partial charge in [0.15, 0.2) is 0 Å². The minimum absolute atomic E-state index is 0.906. The number of fused-ring (bicyclic) bond motifs is 10. The summed E-state index contributed by atoms with van der Waals surface area (Å²) in [7, 11) is 0. The van der Waals surface area contributed by atoms with Gasteiger partial charge in [0.2, 0.25) is 0 Å².